The molecule has 0 bridgehead atoms. The molecule has 3 atom stereocenters. The molecule has 110 valence electrons. The number of likely N-dealkylation sites (N-methyl/N-ethyl adjacent to an activating group) is 2. The third-order valence-corrected chi connectivity index (χ3v) is 5.38. The number of benzene rings is 1. The summed E-state index contributed by atoms with van der Waals surface area (Å²) in [6.07, 6.45) is 5.37. The van der Waals surface area contributed by atoms with Crippen molar-refractivity contribution in [2.24, 2.45) is 5.92 Å². The molecule has 0 radical (unpaired) electrons. The van der Waals surface area contributed by atoms with E-state index in [1.807, 2.05) is 0 Å². The van der Waals surface area contributed by atoms with Gasteiger partial charge in [0.05, 0.1) is 0 Å². The number of fused-ring (bicyclic) bond motifs is 1. The van der Waals surface area contributed by atoms with Crippen molar-refractivity contribution in [2.75, 3.05) is 13.6 Å². The van der Waals surface area contributed by atoms with Crippen molar-refractivity contribution in [2.45, 2.75) is 57.7 Å². The largest absolute Gasteiger partial charge is 0.309 e. The highest BCUT2D eigenvalue weighted by atomic mass is 15.2. The molecule has 1 aromatic rings. The molecule has 2 heteroatoms. The zero-order chi connectivity index (χ0) is 14.1. The van der Waals surface area contributed by atoms with Crippen LogP contribution in [-0.2, 0) is 6.42 Å². The van der Waals surface area contributed by atoms with Crippen LogP contribution < -0.4 is 5.32 Å². The van der Waals surface area contributed by atoms with Gasteiger partial charge >= 0.3 is 0 Å². The fourth-order valence-electron chi connectivity index (χ4n) is 3.86. The third kappa shape index (κ3) is 2.64. The Labute approximate surface area is 123 Å². The van der Waals surface area contributed by atoms with Gasteiger partial charge in [0.25, 0.3) is 0 Å². The summed E-state index contributed by atoms with van der Waals surface area (Å²) in [6, 6.07) is 10.9. The average Bonchev–Trinajstić information content (AvgIpc) is 3.31. The normalized spacial score (nSPS) is 27.4. The number of hydrogen-bond donors (Lipinski definition) is 1. The highest BCUT2D eigenvalue weighted by Gasteiger charge is 2.37. The summed E-state index contributed by atoms with van der Waals surface area (Å²) in [4.78, 5) is 2.65. The minimum absolute atomic E-state index is 0.496. The van der Waals surface area contributed by atoms with E-state index in [4.69, 9.17) is 0 Å². The van der Waals surface area contributed by atoms with E-state index in [1.165, 1.54) is 31.2 Å². The zero-order valence-corrected chi connectivity index (χ0v) is 13.1. The van der Waals surface area contributed by atoms with Crippen LogP contribution >= 0.6 is 0 Å². The summed E-state index contributed by atoms with van der Waals surface area (Å²) < 4.78 is 0. The SMILES string of the molecule is CCNC1c2ccccc2CCC1N(C)C(C)C1CC1. The quantitative estimate of drug-likeness (QED) is 0.884. The molecule has 3 rings (SSSR count). The summed E-state index contributed by atoms with van der Waals surface area (Å²) in [6.45, 7) is 5.68. The second kappa shape index (κ2) is 5.87. The molecule has 0 saturated heterocycles. The Balaban J connectivity index is 1.83. The van der Waals surface area contributed by atoms with E-state index in [2.05, 4.69) is 55.4 Å². The maximum Gasteiger partial charge on any atom is 0.0480 e. The summed E-state index contributed by atoms with van der Waals surface area (Å²) in [5.74, 6) is 0.944. The molecule has 0 heterocycles. The molecule has 20 heavy (non-hydrogen) atoms. The van der Waals surface area contributed by atoms with Gasteiger partial charge in [0.1, 0.15) is 0 Å². The van der Waals surface area contributed by atoms with Crippen molar-refractivity contribution in [3.63, 3.8) is 0 Å². The molecular formula is C18H28N2. The molecule has 1 N–H and O–H groups in total. The van der Waals surface area contributed by atoms with E-state index in [1.54, 1.807) is 5.56 Å². The second-order valence-electron chi connectivity index (χ2n) is 6.58. The smallest absolute Gasteiger partial charge is 0.0480 e. The molecule has 0 spiro atoms. The van der Waals surface area contributed by atoms with Gasteiger partial charge in [-0.3, -0.25) is 4.90 Å². The van der Waals surface area contributed by atoms with E-state index >= 15 is 0 Å². The number of rotatable bonds is 5. The van der Waals surface area contributed by atoms with E-state index in [0.717, 1.165) is 18.5 Å². The Morgan fingerprint density at radius 3 is 2.70 bits per heavy atom. The van der Waals surface area contributed by atoms with Gasteiger partial charge in [-0.1, -0.05) is 31.2 Å². The fourth-order valence-corrected chi connectivity index (χ4v) is 3.86. The first kappa shape index (κ1) is 14.1. The second-order valence-corrected chi connectivity index (χ2v) is 6.58. The molecule has 2 nitrogen and oxygen atoms in total. The third-order valence-electron chi connectivity index (χ3n) is 5.38. The molecule has 1 aromatic carbocycles. The molecule has 1 saturated carbocycles. The van der Waals surface area contributed by atoms with Crippen molar-refractivity contribution in [1.82, 2.24) is 10.2 Å². The lowest BCUT2D eigenvalue weighted by Crippen LogP contribution is -2.49. The van der Waals surface area contributed by atoms with Crippen LogP contribution in [0, 0.1) is 5.92 Å². The van der Waals surface area contributed by atoms with Crippen LogP contribution in [0.5, 0.6) is 0 Å². The lowest BCUT2D eigenvalue weighted by Gasteiger charge is -2.42. The van der Waals surface area contributed by atoms with Gasteiger partial charge in [-0.05, 0) is 63.2 Å². The Kier molecular flexibility index (Phi) is 4.13. The standard InChI is InChI=1S/C18H28N2/c1-4-19-18-16-8-6-5-7-15(16)11-12-17(18)20(3)13(2)14-9-10-14/h5-8,13-14,17-19H,4,9-12H2,1-3H3. The van der Waals surface area contributed by atoms with E-state index < -0.39 is 0 Å². The maximum absolute atomic E-state index is 3.74. The van der Waals surface area contributed by atoms with Crippen molar-refractivity contribution in [1.29, 1.82) is 0 Å². The number of nitrogens with one attached hydrogen (secondary N) is 1. The van der Waals surface area contributed by atoms with Crippen molar-refractivity contribution in [3.8, 4) is 0 Å². The van der Waals surface area contributed by atoms with E-state index in [-0.39, 0.29) is 0 Å². The first-order valence-corrected chi connectivity index (χ1v) is 8.25. The Morgan fingerprint density at radius 2 is 2.00 bits per heavy atom. The summed E-state index contributed by atoms with van der Waals surface area (Å²) >= 11 is 0. The molecule has 1 fully saturated rings. The van der Waals surface area contributed by atoms with Crippen molar-refractivity contribution < 1.29 is 0 Å². The highest BCUT2D eigenvalue weighted by Crippen LogP contribution is 2.39. The lowest BCUT2D eigenvalue weighted by atomic mass is 9.82. The van der Waals surface area contributed by atoms with Crippen molar-refractivity contribution >= 4 is 0 Å². The molecule has 3 unspecified atom stereocenters. The molecule has 0 aliphatic heterocycles. The van der Waals surface area contributed by atoms with Crippen LogP contribution in [0.25, 0.3) is 0 Å². The Bertz CT molecular complexity index is 452. The first-order valence-electron chi connectivity index (χ1n) is 8.25. The van der Waals surface area contributed by atoms with Gasteiger partial charge in [-0.15, -0.1) is 0 Å². The van der Waals surface area contributed by atoms with E-state index in [9.17, 15) is 0 Å². The van der Waals surface area contributed by atoms with Crippen LogP contribution in [0.4, 0.5) is 0 Å². The molecule has 0 amide bonds. The summed E-state index contributed by atoms with van der Waals surface area (Å²) in [7, 11) is 2.34. The van der Waals surface area contributed by atoms with Gasteiger partial charge < -0.3 is 5.32 Å². The Hall–Kier alpha value is -0.860. The predicted octanol–water partition coefficient (Wildman–Crippen LogP) is 3.38. The topological polar surface area (TPSA) is 15.3 Å². The zero-order valence-electron chi connectivity index (χ0n) is 13.1. The monoisotopic (exact) mass is 272 g/mol. The van der Waals surface area contributed by atoms with Crippen molar-refractivity contribution in [3.05, 3.63) is 35.4 Å². The van der Waals surface area contributed by atoms with Gasteiger partial charge in [0, 0.05) is 18.1 Å². The number of aryl methyl sites for hydroxylation is 1. The van der Waals surface area contributed by atoms with Crippen LogP contribution in [-0.4, -0.2) is 30.6 Å². The molecule has 2 aliphatic carbocycles. The highest BCUT2D eigenvalue weighted by molar-refractivity contribution is 5.34. The lowest BCUT2D eigenvalue weighted by molar-refractivity contribution is 0.119. The van der Waals surface area contributed by atoms with Gasteiger partial charge in [0.2, 0.25) is 0 Å². The number of nitrogens with zero attached hydrogens (tertiary/aromatic N) is 1. The van der Waals surface area contributed by atoms with Crippen LogP contribution in [0.2, 0.25) is 0 Å². The first-order chi connectivity index (χ1) is 9.72. The molecule has 2 aliphatic rings. The van der Waals surface area contributed by atoms with Crippen LogP contribution in [0.1, 0.15) is 50.3 Å². The van der Waals surface area contributed by atoms with E-state index in [0.29, 0.717) is 12.1 Å². The van der Waals surface area contributed by atoms with Crippen LogP contribution in [0.3, 0.4) is 0 Å². The maximum atomic E-state index is 3.74. The molecule has 0 aromatic heterocycles. The predicted molar refractivity (Wildman–Crippen MR) is 84.9 cm³/mol. The molecular weight excluding hydrogens is 244 g/mol. The van der Waals surface area contributed by atoms with Gasteiger partial charge in [-0.2, -0.15) is 0 Å². The fraction of sp³-hybridized carbons (Fsp3) is 0.667. The summed E-state index contributed by atoms with van der Waals surface area (Å²) in [5, 5.41) is 3.74. The number of hydrogen-bond acceptors (Lipinski definition) is 2. The summed E-state index contributed by atoms with van der Waals surface area (Å²) in [5.41, 5.74) is 3.07. The van der Waals surface area contributed by atoms with Gasteiger partial charge in [0.15, 0.2) is 0 Å². The van der Waals surface area contributed by atoms with Crippen LogP contribution in [0.15, 0.2) is 24.3 Å². The Morgan fingerprint density at radius 1 is 1.25 bits per heavy atom. The average molecular weight is 272 g/mol. The van der Waals surface area contributed by atoms with Gasteiger partial charge in [-0.25, -0.2) is 0 Å². The minimum atomic E-state index is 0.496. The minimum Gasteiger partial charge on any atom is -0.309 e.